The monoisotopic (exact) mass is 338 g/mol. The first-order chi connectivity index (χ1) is 12.0. The Morgan fingerprint density at radius 1 is 1.24 bits per heavy atom. The maximum atomic E-state index is 12.2. The molecule has 0 aliphatic heterocycles. The van der Waals surface area contributed by atoms with Gasteiger partial charge in [0, 0.05) is 17.5 Å². The Hall–Kier alpha value is -3.22. The average molecular weight is 338 g/mol. The van der Waals surface area contributed by atoms with E-state index in [0.717, 1.165) is 16.5 Å². The Balaban J connectivity index is 1.59. The summed E-state index contributed by atoms with van der Waals surface area (Å²) in [4.78, 5) is 22.4. The zero-order valence-corrected chi connectivity index (χ0v) is 13.8. The van der Waals surface area contributed by atoms with Gasteiger partial charge >= 0.3 is 5.82 Å². The van der Waals surface area contributed by atoms with Crippen LogP contribution in [0.2, 0.25) is 0 Å². The average Bonchev–Trinajstić information content (AvgIpc) is 2.97. The van der Waals surface area contributed by atoms with Gasteiger partial charge in [0.1, 0.15) is 0 Å². The van der Waals surface area contributed by atoms with E-state index in [2.05, 4.69) is 10.4 Å². The van der Waals surface area contributed by atoms with Crippen LogP contribution < -0.4 is 5.32 Å². The molecular weight excluding hydrogens is 320 g/mol. The summed E-state index contributed by atoms with van der Waals surface area (Å²) in [6.45, 7) is 2.22. The van der Waals surface area contributed by atoms with E-state index >= 15 is 0 Å². The van der Waals surface area contributed by atoms with Crippen molar-refractivity contribution in [3.8, 4) is 0 Å². The minimum Gasteiger partial charge on any atom is -0.358 e. The van der Waals surface area contributed by atoms with Gasteiger partial charge in [-0.05, 0) is 29.7 Å². The van der Waals surface area contributed by atoms with Crippen molar-refractivity contribution >= 4 is 28.2 Å². The molecule has 0 unspecified atom stereocenters. The topological polar surface area (TPSA) is 90.1 Å². The number of rotatable bonds is 6. The van der Waals surface area contributed by atoms with E-state index < -0.39 is 4.92 Å². The highest BCUT2D eigenvalue weighted by atomic mass is 16.6. The lowest BCUT2D eigenvalue weighted by Crippen LogP contribution is -2.13. The highest BCUT2D eigenvalue weighted by Gasteiger charge is 2.15. The van der Waals surface area contributed by atoms with Gasteiger partial charge in [-0.25, -0.2) is 0 Å². The zero-order valence-electron chi connectivity index (χ0n) is 13.8. The van der Waals surface area contributed by atoms with E-state index in [0.29, 0.717) is 25.1 Å². The third kappa shape index (κ3) is 3.82. The lowest BCUT2D eigenvalue weighted by molar-refractivity contribution is -0.389. The number of hydrogen-bond donors (Lipinski definition) is 1. The molecule has 0 bridgehead atoms. The van der Waals surface area contributed by atoms with Crippen molar-refractivity contribution < 1.29 is 9.72 Å². The van der Waals surface area contributed by atoms with Crippen molar-refractivity contribution in [2.75, 3.05) is 5.32 Å². The van der Waals surface area contributed by atoms with E-state index in [1.807, 2.05) is 42.5 Å². The van der Waals surface area contributed by atoms with Crippen LogP contribution in [0.25, 0.3) is 10.8 Å². The lowest BCUT2D eigenvalue weighted by Gasteiger charge is -2.08. The van der Waals surface area contributed by atoms with Crippen LogP contribution in [0, 0.1) is 17.0 Å². The molecule has 128 valence electrons. The molecule has 25 heavy (non-hydrogen) atoms. The summed E-state index contributed by atoms with van der Waals surface area (Å²) in [5, 5.41) is 19.6. The maximum absolute atomic E-state index is 12.2. The van der Waals surface area contributed by atoms with Gasteiger partial charge in [0.05, 0.1) is 23.4 Å². The van der Waals surface area contributed by atoms with Crippen LogP contribution in [0.5, 0.6) is 0 Å². The largest absolute Gasteiger partial charge is 0.390 e. The summed E-state index contributed by atoms with van der Waals surface area (Å²) in [7, 11) is 0. The van der Waals surface area contributed by atoms with Crippen molar-refractivity contribution in [2.45, 2.75) is 26.3 Å². The lowest BCUT2D eigenvalue weighted by atomic mass is 10.1. The molecular formula is C18H18N4O3. The third-order valence-electron chi connectivity index (χ3n) is 3.99. The van der Waals surface area contributed by atoms with Crippen LogP contribution in [0.4, 0.5) is 11.5 Å². The number of amides is 1. The second-order valence-corrected chi connectivity index (χ2v) is 5.80. The SMILES string of the molecule is Cc1cc([N+](=O)[O-])nn1CCCC(=O)Nc1cccc2ccccc12. The second-order valence-electron chi connectivity index (χ2n) is 5.80. The van der Waals surface area contributed by atoms with Crippen molar-refractivity contribution in [3.05, 3.63) is 64.3 Å². The number of nitrogens with zero attached hydrogens (tertiary/aromatic N) is 3. The molecule has 0 fully saturated rings. The molecule has 0 radical (unpaired) electrons. The molecule has 0 spiro atoms. The number of aromatic nitrogens is 2. The first-order valence-electron chi connectivity index (χ1n) is 8.01. The van der Waals surface area contributed by atoms with Gasteiger partial charge in [0.25, 0.3) is 0 Å². The van der Waals surface area contributed by atoms with Gasteiger partial charge in [-0.1, -0.05) is 36.4 Å². The molecule has 0 aliphatic rings. The van der Waals surface area contributed by atoms with Gasteiger partial charge in [-0.2, -0.15) is 4.68 Å². The van der Waals surface area contributed by atoms with Gasteiger partial charge in [0.2, 0.25) is 5.91 Å². The first kappa shape index (κ1) is 16.6. The quantitative estimate of drug-likeness (QED) is 0.548. The molecule has 0 aliphatic carbocycles. The maximum Gasteiger partial charge on any atom is 0.390 e. The van der Waals surface area contributed by atoms with Crippen LogP contribution >= 0.6 is 0 Å². The number of carbonyl (C=O) groups excluding carboxylic acids is 1. The number of carbonyl (C=O) groups is 1. The zero-order chi connectivity index (χ0) is 17.8. The number of nitrogens with one attached hydrogen (secondary N) is 1. The third-order valence-corrected chi connectivity index (χ3v) is 3.99. The summed E-state index contributed by atoms with van der Waals surface area (Å²) < 4.78 is 1.56. The Morgan fingerprint density at radius 3 is 2.76 bits per heavy atom. The summed E-state index contributed by atoms with van der Waals surface area (Å²) in [5.41, 5.74) is 1.50. The Morgan fingerprint density at radius 2 is 2.00 bits per heavy atom. The molecule has 0 saturated heterocycles. The molecule has 3 rings (SSSR count). The number of fused-ring (bicyclic) bond motifs is 1. The molecule has 3 aromatic rings. The Bertz CT molecular complexity index is 928. The standard InChI is InChI=1S/C18H18N4O3/c1-13-12-17(22(24)25)20-21(13)11-5-10-18(23)19-16-9-4-7-14-6-2-3-8-15(14)16/h2-4,6-9,12H,5,10-11H2,1H3,(H,19,23). The minimum atomic E-state index is -0.517. The number of nitro groups is 1. The smallest absolute Gasteiger partial charge is 0.358 e. The summed E-state index contributed by atoms with van der Waals surface area (Å²) in [6.07, 6.45) is 0.868. The van der Waals surface area contributed by atoms with E-state index in [1.54, 1.807) is 11.6 Å². The predicted molar refractivity (Wildman–Crippen MR) is 95.4 cm³/mol. The fraction of sp³-hybridized carbons (Fsp3) is 0.222. The van der Waals surface area contributed by atoms with Crippen LogP contribution in [0.1, 0.15) is 18.5 Å². The Kier molecular flexibility index (Phi) is 4.74. The molecule has 1 heterocycles. The van der Waals surface area contributed by atoms with Crippen LogP contribution in [-0.4, -0.2) is 20.6 Å². The summed E-state index contributed by atoms with van der Waals surface area (Å²) in [6, 6.07) is 15.1. The van der Waals surface area contributed by atoms with Crippen LogP contribution in [-0.2, 0) is 11.3 Å². The number of hydrogen-bond acceptors (Lipinski definition) is 4. The van der Waals surface area contributed by atoms with Crippen molar-refractivity contribution in [2.24, 2.45) is 0 Å². The highest BCUT2D eigenvalue weighted by molar-refractivity contribution is 6.02. The second kappa shape index (κ2) is 7.12. The Labute approximate surface area is 144 Å². The van der Waals surface area contributed by atoms with Gasteiger partial charge in [-0.3, -0.25) is 4.79 Å². The fourth-order valence-corrected chi connectivity index (χ4v) is 2.74. The first-order valence-corrected chi connectivity index (χ1v) is 8.01. The van der Waals surface area contributed by atoms with Gasteiger partial charge < -0.3 is 15.4 Å². The van der Waals surface area contributed by atoms with Gasteiger partial charge in [0.15, 0.2) is 0 Å². The fourth-order valence-electron chi connectivity index (χ4n) is 2.74. The van der Waals surface area contributed by atoms with Gasteiger partial charge in [-0.15, -0.1) is 0 Å². The number of anilines is 1. The molecule has 1 amide bonds. The van der Waals surface area contributed by atoms with E-state index in [-0.39, 0.29) is 11.7 Å². The van der Waals surface area contributed by atoms with Crippen molar-refractivity contribution in [1.82, 2.24) is 9.78 Å². The number of aryl methyl sites for hydroxylation is 2. The highest BCUT2D eigenvalue weighted by Crippen LogP contribution is 2.23. The minimum absolute atomic E-state index is 0.0874. The predicted octanol–water partition coefficient (Wildman–Crippen LogP) is 3.67. The molecule has 1 aromatic heterocycles. The molecule has 7 heteroatoms. The number of benzene rings is 2. The normalized spacial score (nSPS) is 10.8. The van der Waals surface area contributed by atoms with Crippen molar-refractivity contribution in [3.63, 3.8) is 0 Å². The molecule has 7 nitrogen and oxygen atoms in total. The molecule has 2 aromatic carbocycles. The van der Waals surface area contributed by atoms with E-state index in [9.17, 15) is 14.9 Å². The molecule has 0 atom stereocenters. The molecule has 1 N–H and O–H groups in total. The summed E-state index contributed by atoms with van der Waals surface area (Å²) >= 11 is 0. The summed E-state index contributed by atoms with van der Waals surface area (Å²) in [5.74, 6) is -0.256. The van der Waals surface area contributed by atoms with E-state index in [4.69, 9.17) is 0 Å². The van der Waals surface area contributed by atoms with E-state index in [1.165, 1.54) is 6.07 Å². The molecule has 0 saturated carbocycles. The van der Waals surface area contributed by atoms with Crippen LogP contribution in [0.15, 0.2) is 48.5 Å². The van der Waals surface area contributed by atoms with Crippen molar-refractivity contribution in [1.29, 1.82) is 0 Å². The van der Waals surface area contributed by atoms with Crippen LogP contribution in [0.3, 0.4) is 0 Å².